The van der Waals surface area contributed by atoms with E-state index in [2.05, 4.69) is 200 Å². The predicted octanol–water partition coefficient (Wildman–Crippen LogP) is 13.9. The van der Waals surface area contributed by atoms with Crippen LogP contribution in [0.1, 0.15) is 6.92 Å². The van der Waals surface area contributed by atoms with Gasteiger partial charge in [0.1, 0.15) is 0 Å². The number of hydrogen-bond donors (Lipinski definition) is 0. The number of carbonyl (C=O) groups is 1. The molecule has 9 aromatic rings. The quantitative estimate of drug-likeness (QED) is 0.165. The van der Waals surface area contributed by atoms with Crippen molar-refractivity contribution in [2.75, 3.05) is 0 Å². The molecule has 0 saturated carbocycles. The number of fused-ring (bicyclic) bond motifs is 3. The third-order valence-electron chi connectivity index (χ3n) is 10.1. The van der Waals surface area contributed by atoms with Gasteiger partial charge in [0.25, 0.3) is 0 Å². The maximum absolute atomic E-state index is 13.3. The van der Waals surface area contributed by atoms with E-state index in [0.29, 0.717) is 0 Å². The van der Waals surface area contributed by atoms with E-state index in [1.165, 1.54) is 55.9 Å². The summed E-state index contributed by atoms with van der Waals surface area (Å²) in [5.41, 5.74) is 6.84. The van der Waals surface area contributed by atoms with Gasteiger partial charge >= 0.3 is 5.97 Å². The molecule has 0 aliphatic carbocycles. The molecule has 0 aromatic heterocycles. The molecule has 0 heterocycles. The van der Waals surface area contributed by atoms with Crippen LogP contribution >= 0.6 is 10.3 Å². The van der Waals surface area contributed by atoms with Crippen molar-refractivity contribution in [3.8, 4) is 33.4 Å². The highest BCUT2D eigenvalue weighted by Crippen LogP contribution is 2.69. The van der Waals surface area contributed by atoms with E-state index in [-0.39, 0.29) is 5.97 Å². The molecule has 53 heavy (non-hydrogen) atoms. The van der Waals surface area contributed by atoms with Gasteiger partial charge in [-0.2, -0.15) is 0 Å². The van der Waals surface area contributed by atoms with E-state index in [9.17, 15) is 4.79 Å². The summed E-state index contributed by atoms with van der Waals surface area (Å²) in [5.74, 6) is -0.325. The van der Waals surface area contributed by atoms with Crippen LogP contribution in [0.4, 0.5) is 0 Å². The van der Waals surface area contributed by atoms with E-state index in [1.54, 1.807) is 0 Å². The van der Waals surface area contributed by atoms with Gasteiger partial charge < -0.3 is 4.18 Å². The Balaban J connectivity index is 1.21. The van der Waals surface area contributed by atoms with Crippen molar-refractivity contribution >= 4 is 48.6 Å². The molecule has 9 rings (SSSR count). The van der Waals surface area contributed by atoms with Gasteiger partial charge in [0, 0.05) is 21.6 Å². The SMILES string of the molecule is CC(=O)OS(c1ccc(-c2cccc3ccccc23)cc1)(c1ccc(-c2cccc3ccccc23)cc1)c1ccc(-c2cccc3ccccc23)cc1. The fraction of sp³-hybridized carbons (Fsp3) is 0.0200. The van der Waals surface area contributed by atoms with Crippen molar-refractivity contribution < 1.29 is 8.98 Å². The first-order valence-corrected chi connectivity index (χ1v) is 19.4. The van der Waals surface area contributed by atoms with Crippen LogP contribution in [0.2, 0.25) is 0 Å². The van der Waals surface area contributed by atoms with E-state index >= 15 is 0 Å². The summed E-state index contributed by atoms with van der Waals surface area (Å²) in [6.07, 6.45) is 0. The molecule has 9 aromatic carbocycles. The van der Waals surface area contributed by atoms with Gasteiger partial charge in [-0.05, 0) is 112 Å². The van der Waals surface area contributed by atoms with Crippen molar-refractivity contribution in [1.29, 1.82) is 0 Å². The Morgan fingerprint density at radius 1 is 0.358 bits per heavy atom. The van der Waals surface area contributed by atoms with Gasteiger partial charge in [-0.25, -0.2) is 0 Å². The summed E-state index contributed by atoms with van der Waals surface area (Å²) < 4.78 is 6.69. The van der Waals surface area contributed by atoms with Crippen LogP contribution < -0.4 is 0 Å². The lowest BCUT2D eigenvalue weighted by atomic mass is 9.98. The summed E-state index contributed by atoms with van der Waals surface area (Å²) >= 11 is 0. The van der Waals surface area contributed by atoms with E-state index < -0.39 is 10.3 Å². The standard InChI is InChI=1S/C50H36O2S/c1-35(51)52-53(42-29-23-39(24-30-42)48-20-8-14-36-11-2-5-17-45(36)48,43-31-25-40(26-32-43)49-21-9-15-37-12-3-6-18-46(37)49)44-33-27-41(28-34-44)50-22-10-16-38-13-4-7-19-47(38)50/h2-34H,1H3. The molecule has 0 atom stereocenters. The Bertz CT molecular complexity index is 2460. The van der Waals surface area contributed by atoms with E-state index in [0.717, 1.165) is 31.4 Å². The molecule has 0 radical (unpaired) electrons. The van der Waals surface area contributed by atoms with Gasteiger partial charge in [0.15, 0.2) is 0 Å². The zero-order chi connectivity index (χ0) is 35.8. The van der Waals surface area contributed by atoms with E-state index in [4.69, 9.17) is 4.18 Å². The lowest BCUT2D eigenvalue weighted by Gasteiger charge is -2.39. The largest absolute Gasteiger partial charge is 0.402 e. The lowest BCUT2D eigenvalue weighted by molar-refractivity contribution is -0.131. The Morgan fingerprint density at radius 3 is 0.943 bits per heavy atom. The lowest BCUT2D eigenvalue weighted by Crippen LogP contribution is -2.11. The Morgan fingerprint density at radius 2 is 0.642 bits per heavy atom. The van der Waals surface area contributed by atoms with Crippen molar-refractivity contribution in [1.82, 2.24) is 0 Å². The van der Waals surface area contributed by atoms with Crippen LogP contribution in [0.15, 0.2) is 215 Å². The molecule has 0 bridgehead atoms. The van der Waals surface area contributed by atoms with Crippen LogP contribution in [0.25, 0.3) is 65.7 Å². The molecule has 2 nitrogen and oxygen atoms in total. The molecule has 254 valence electrons. The van der Waals surface area contributed by atoms with Crippen molar-refractivity contribution in [2.45, 2.75) is 21.6 Å². The number of rotatable bonds is 7. The van der Waals surface area contributed by atoms with Crippen LogP contribution in [-0.4, -0.2) is 5.97 Å². The van der Waals surface area contributed by atoms with E-state index in [1.807, 2.05) is 0 Å². The first-order chi connectivity index (χ1) is 26.1. The van der Waals surface area contributed by atoms with Gasteiger partial charge in [0.2, 0.25) is 0 Å². The summed E-state index contributed by atoms with van der Waals surface area (Å²) in [7, 11) is -2.51. The second-order valence-corrected chi connectivity index (χ2v) is 16.0. The normalized spacial score (nSPS) is 11.9. The molecule has 0 N–H and O–H groups in total. The maximum atomic E-state index is 13.3. The predicted molar refractivity (Wildman–Crippen MR) is 222 cm³/mol. The smallest absolute Gasteiger partial charge is 0.313 e. The zero-order valence-electron chi connectivity index (χ0n) is 29.3. The summed E-state index contributed by atoms with van der Waals surface area (Å²) in [4.78, 5) is 16.1. The monoisotopic (exact) mass is 700 g/mol. The summed E-state index contributed by atoms with van der Waals surface area (Å²) in [6.45, 7) is 1.52. The highest BCUT2D eigenvalue weighted by molar-refractivity contribution is 8.30. The zero-order valence-corrected chi connectivity index (χ0v) is 30.1. The molecular formula is C50H36O2S. The number of hydrogen-bond acceptors (Lipinski definition) is 2. The topological polar surface area (TPSA) is 26.3 Å². The number of benzene rings is 9. The average molecular weight is 701 g/mol. The van der Waals surface area contributed by atoms with Crippen LogP contribution in [0.5, 0.6) is 0 Å². The second kappa shape index (κ2) is 13.6. The Labute approximate surface area is 311 Å². The molecule has 0 aliphatic heterocycles. The van der Waals surface area contributed by atoms with Gasteiger partial charge in [-0.1, -0.05) is 164 Å². The average Bonchev–Trinajstić information content (AvgIpc) is 3.22. The minimum Gasteiger partial charge on any atom is -0.402 e. The molecule has 0 spiro atoms. The van der Waals surface area contributed by atoms with Crippen molar-refractivity contribution in [3.63, 3.8) is 0 Å². The van der Waals surface area contributed by atoms with Crippen molar-refractivity contribution in [2.24, 2.45) is 0 Å². The highest BCUT2D eigenvalue weighted by atomic mass is 32.3. The third kappa shape index (κ3) is 5.86. The first-order valence-electron chi connectivity index (χ1n) is 17.9. The third-order valence-corrected chi connectivity index (χ3v) is 13.4. The molecule has 0 unspecified atom stereocenters. The molecule has 0 fully saturated rings. The second-order valence-electron chi connectivity index (χ2n) is 13.3. The molecule has 0 amide bonds. The van der Waals surface area contributed by atoms with Gasteiger partial charge in [0.05, 0.1) is 0 Å². The maximum Gasteiger partial charge on any atom is 0.313 e. The Kier molecular flexibility index (Phi) is 8.34. The molecule has 3 heteroatoms. The van der Waals surface area contributed by atoms with Crippen LogP contribution in [0, 0.1) is 0 Å². The molecular weight excluding hydrogens is 665 g/mol. The Hall–Kier alpha value is -6.42. The van der Waals surface area contributed by atoms with Gasteiger partial charge in [-0.15, -0.1) is 0 Å². The summed E-state index contributed by atoms with van der Waals surface area (Å²) in [5, 5.41) is 7.21. The highest BCUT2D eigenvalue weighted by Gasteiger charge is 2.35. The van der Waals surface area contributed by atoms with Gasteiger partial charge in [-0.3, -0.25) is 4.79 Å². The van der Waals surface area contributed by atoms with Crippen molar-refractivity contribution in [3.05, 3.63) is 200 Å². The fourth-order valence-electron chi connectivity index (χ4n) is 7.64. The molecule has 0 aliphatic rings. The fourth-order valence-corrected chi connectivity index (χ4v) is 10.7. The minimum absolute atomic E-state index is 0.325. The van der Waals surface area contributed by atoms with Crippen LogP contribution in [-0.2, 0) is 8.98 Å². The minimum atomic E-state index is -2.51. The van der Waals surface area contributed by atoms with Crippen LogP contribution in [0.3, 0.4) is 0 Å². The molecule has 0 saturated heterocycles. The number of carbonyl (C=O) groups excluding carboxylic acids is 1. The first kappa shape index (κ1) is 32.5. The summed E-state index contributed by atoms with van der Waals surface area (Å²) in [6, 6.07) is 70.5.